The van der Waals surface area contributed by atoms with Crippen molar-refractivity contribution in [2.45, 2.75) is 50.5 Å². The van der Waals surface area contributed by atoms with Crippen molar-refractivity contribution in [2.24, 2.45) is 0 Å². The Bertz CT molecular complexity index is 676. The molecule has 2 unspecified atom stereocenters. The lowest BCUT2D eigenvalue weighted by atomic mass is 9.74. The molecule has 1 aliphatic rings. The molecule has 29 heavy (non-hydrogen) atoms. The van der Waals surface area contributed by atoms with Gasteiger partial charge in [0.15, 0.2) is 0 Å². The predicted molar refractivity (Wildman–Crippen MR) is 123 cm³/mol. The molecule has 0 spiro atoms. The van der Waals surface area contributed by atoms with Gasteiger partial charge in [0.2, 0.25) is 0 Å². The summed E-state index contributed by atoms with van der Waals surface area (Å²) in [5, 5.41) is 12.2. The number of hydrogen-bond acceptors (Lipinski definition) is 3. The molecule has 2 aromatic rings. The summed E-state index contributed by atoms with van der Waals surface area (Å²) in [4.78, 5) is 2.45. The van der Waals surface area contributed by atoms with Gasteiger partial charge in [-0.3, -0.25) is 4.90 Å². The van der Waals surface area contributed by atoms with Gasteiger partial charge in [0.05, 0.1) is 18.8 Å². The fourth-order valence-corrected chi connectivity index (χ4v) is 4.33. The van der Waals surface area contributed by atoms with Crippen molar-refractivity contribution in [1.29, 1.82) is 0 Å². The van der Waals surface area contributed by atoms with Gasteiger partial charge in [-0.05, 0) is 17.5 Å². The third-order valence-electron chi connectivity index (χ3n) is 6.01. The Balaban J connectivity index is 0.00000300. The molecule has 0 saturated carbocycles. The number of benzene rings is 2. The molecular formula is C25H36ClNO2. The molecule has 1 saturated heterocycles. The van der Waals surface area contributed by atoms with E-state index in [4.69, 9.17) is 4.74 Å². The van der Waals surface area contributed by atoms with Gasteiger partial charge in [0.25, 0.3) is 0 Å². The normalized spacial score (nSPS) is 17.9. The van der Waals surface area contributed by atoms with Crippen LogP contribution in [-0.2, 0) is 10.3 Å². The second-order valence-corrected chi connectivity index (χ2v) is 7.98. The van der Waals surface area contributed by atoms with E-state index in [1.54, 1.807) is 0 Å². The van der Waals surface area contributed by atoms with Gasteiger partial charge < -0.3 is 9.84 Å². The van der Waals surface area contributed by atoms with Crippen LogP contribution in [0, 0.1) is 0 Å². The van der Waals surface area contributed by atoms with E-state index in [0.717, 1.165) is 51.3 Å². The van der Waals surface area contributed by atoms with Crippen LogP contribution in [0.4, 0.5) is 0 Å². The maximum Gasteiger partial charge on any atom is 0.0977 e. The van der Waals surface area contributed by atoms with E-state index in [1.165, 1.54) is 24.8 Å². The summed E-state index contributed by atoms with van der Waals surface area (Å²) in [7, 11) is 0. The lowest BCUT2D eigenvalue weighted by Crippen LogP contribution is -2.45. The molecule has 0 aliphatic carbocycles. The topological polar surface area (TPSA) is 32.7 Å². The molecular weight excluding hydrogens is 382 g/mol. The van der Waals surface area contributed by atoms with Crippen molar-refractivity contribution >= 4 is 12.4 Å². The number of halogens is 1. The molecule has 160 valence electrons. The number of unbranched alkanes of at least 4 members (excludes halogenated alkanes) is 3. The molecule has 0 amide bonds. The molecule has 1 heterocycles. The van der Waals surface area contributed by atoms with Crippen molar-refractivity contribution in [3.63, 3.8) is 0 Å². The van der Waals surface area contributed by atoms with E-state index in [-0.39, 0.29) is 18.3 Å². The van der Waals surface area contributed by atoms with Gasteiger partial charge in [0, 0.05) is 25.6 Å². The van der Waals surface area contributed by atoms with Gasteiger partial charge in [-0.15, -0.1) is 12.4 Å². The smallest absolute Gasteiger partial charge is 0.0977 e. The Morgan fingerprint density at radius 3 is 2.17 bits per heavy atom. The maximum absolute atomic E-state index is 12.2. The van der Waals surface area contributed by atoms with E-state index in [1.807, 2.05) is 18.2 Å². The quantitative estimate of drug-likeness (QED) is 0.526. The predicted octanol–water partition coefficient (Wildman–Crippen LogP) is 5.38. The molecule has 1 N–H and O–H groups in total. The minimum Gasteiger partial charge on any atom is -0.384 e. The van der Waals surface area contributed by atoms with E-state index < -0.39 is 5.60 Å². The molecule has 2 aromatic carbocycles. The van der Waals surface area contributed by atoms with E-state index >= 15 is 0 Å². The van der Waals surface area contributed by atoms with Crippen molar-refractivity contribution in [3.8, 4) is 0 Å². The largest absolute Gasteiger partial charge is 0.384 e. The monoisotopic (exact) mass is 417 g/mol. The minimum absolute atomic E-state index is 0. The molecule has 3 rings (SSSR count). The van der Waals surface area contributed by atoms with Gasteiger partial charge in [-0.2, -0.15) is 0 Å². The third-order valence-corrected chi connectivity index (χ3v) is 6.01. The highest BCUT2D eigenvalue weighted by Gasteiger charge is 2.39. The first-order valence-corrected chi connectivity index (χ1v) is 10.9. The van der Waals surface area contributed by atoms with Crippen LogP contribution < -0.4 is 0 Å². The highest BCUT2D eigenvalue weighted by Crippen LogP contribution is 2.41. The number of morpholine rings is 1. The lowest BCUT2D eigenvalue weighted by Gasteiger charge is -2.41. The molecule has 1 fully saturated rings. The summed E-state index contributed by atoms with van der Waals surface area (Å²) in [5.74, 6) is 0.0378. The molecule has 2 atom stereocenters. The zero-order valence-electron chi connectivity index (χ0n) is 17.6. The van der Waals surface area contributed by atoms with Crippen LogP contribution in [0.25, 0.3) is 0 Å². The number of rotatable bonds is 10. The van der Waals surface area contributed by atoms with E-state index in [9.17, 15) is 5.11 Å². The average molecular weight is 418 g/mol. The summed E-state index contributed by atoms with van der Waals surface area (Å²) < 4.78 is 5.54. The first kappa shape index (κ1) is 23.9. The van der Waals surface area contributed by atoms with Crippen molar-refractivity contribution in [3.05, 3.63) is 71.8 Å². The SMILES string of the molecule is CCCCCCC(O)(c1ccccc1)C(CN1CCOCC1)c1ccccc1.Cl. The van der Waals surface area contributed by atoms with Crippen LogP contribution in [-0.4, -0.2) is 42.9 Å². The zero-order chi connectivity index (χ0) is 19.7. The fraction of sp³-hybridized carbons (Fsp3) is 0.520. The van der Waals surface area contributed by atoms with Gasteiger partial charge in [-0.25, -0.2) is 0 Å². The highest BCUT2D eigenvalue weighted by molar-refractivity contribution is 5.85. The average Bonchev–Trinajstić information content (AvgIpc) is 2.77. The van der Waals surface area contributed by atoms with Crippen LogP contribution in [0.3, 0.4) is 0 Å². The fourth-order valence-electron chi connectivity index (χ4n) is 4.33. The van der Waals surface area contributed by atoms with Crippen molar-refractivity contribution in [2.75, 3.05) is 32.8 Å². The molecule has 0 aromatic heterocycles. The number of ether oxygens (including phenoxy) is 1. The van der Waals surface area contributed by atoms with Crippen LogP contribution in [0.1, 0.15) is 56.1 Å². The molecule has 4 heteroatoms. The molecule has 3 nitrogen and oxygen atoms in total. The summed E-state index contributed by atoms with van der Waals surface area (Å²) in [6.45, 7) is 6.51. The Kier molecular flexibility index (Phi) is 10.2. The number of nitrogens with zero attached hydrogens (tertiary/aromatic N) is 1. The molecule has 0 radical (unpaired) electrons. The third kappa shape index (κ3) is 6.55. The van der Waals surface area contributed by atoms with Crippen molar-refractivity contribution < 1.29 is 9.84 Å². The lowest BCUT2D eigenvalue weighted by molar-refractivity contribution is -0.0296. The van der Waals surface area contributed by atoms with Crippen LogP contribution in [0.2, 0.25) is 0 Å². The number of hydrogen-bond donors (Lipinski definition) is 1. The van der Waals surface area contributed by atoms with Gasteiger partial charge >= 0.3 is 0 Å². The maximum atomic E-state index is 12.2. The number of aliphatic hydroxyl groups is 1. The summed E-state index contributed by atoms with van der Waals surface area (Å²) in [6, 6.07) is 20.9. The second-order valence-electron chi connectivity index (χ2n) is 7.98. The van der Waals surface area contributed by atoms with Gasteiger partial charge in [-0.1, -0.05) is 93.3 Å². The Morgan fingerprint density at radius 1 is 0.931 bits per heavy atom. The summed E-state index contributed by atoms with van der Waals surface area (Å²) in [6.07, 6.45) is 5.45. The van der Waals surface area contributed by atoms with Crippen molar-refractivity contribution in [1.82, 2.24) is 4.90 Å². The molecule has 1 aliphatic heterocycles. The standard InChI is InChI=1S/C25H35NO2.ClH/c1-2-3-4-11-16-25(27,23-14-9-6-10-15-23)24(22-12-7-5-8-13-22)21-26-17-19-28-20-18-26;/h5-10,12-15,24,27H,2-4,11,16-21H2,1H3;1H. The Labute approximate surface area is 182 Å². The summed E-state index contributed by atoms with van der Waals surface area (Å²) in [5.41, 5.74) is 1.39. The Hall–Kier alpha value is -1.39. The summed E-state index contributed by atoms with van der Waals surface area (Å²) >= 11 is 0. The van der Waals surface area contributed by atoms with Crippen LogP contribution in [0.15, 0.2) is 60.7 Å². The second kappa shape index (κ2) is 12.3. The Morgan fingerprint density at radius 2 is 1.55 bits per heavy atom. The highest BCUT2D eigenvalue weighted by atomic mass is 35.5. The van der Waals surface area contributed by atoms with Crippen LogP contribution in [0.5, 0.6) is 0 Å². The minimum atomic E-state index is -0.866. The zero-order valence-corrected chi connectivity index (χ0v) is 18.4. The first-order valence-electron chi connectivity index (χ1n) is 10.9. The first-order chi connectivity index (χ1) is 13.7. The van der Waals surface area contributed by atoms with Crippen LogP contribution >= 0.6 is 12.4 Å². The van der Waals surface area contributed by atoms with E-state index in [2.05, 4.69) is 54.3 Å². The molecule has 0 bridgehead atoms. The van der Waals surface area contributed by atoms with E-state index in [0.29, 0.717) is 0 Å². The van der Waals surface area contributed by atoms with Gasteiger partial charge in [0.1, 0.15) is 0 Å².